The third kappa shape index (κ3) is 4.41. The molecule has 1 fully saturated rings. The highest BCUT2D eigenvalue weighted by molar-refractivity contribution is 7.09. The predicted octanol–water partition coefficient (Wildman–Crippen LogP) is 2.93. The third-order valence-corrected chi connectivity index (χ3v) is 5.06. The molecule has 0 unspecified atom stereocenters. The molecule has 24 heavy (non-hydrogen) atoms. The Bertz CT molecular complexity index is 664. The summed E-state index contributed by atoms with van der Waals surface area (Å²) in [4.78, 5) is 19.2. The summed E-state index contributed by atoms with van der Waals surface area (Å²) in [6.07, 6.45) is 0.313. The fourth-order valence-corrected chi connectivity index (χ4v) is 3.68. The van der Waals surface area contributed by atoms with Crippen molar-refractivity contribution in [2.75, 3.05) is 18.5 Å². The minimum absolute atomic E-state index is 0.0322. The molecule has 0 aliphatic carbocycles. The van der Waals surface area contributed by atoms with Gasteiger partial charge in [-0.25, -0.2) is 4.98 Å². The Balaban J connectivity index is 1.56. The quantitative estimate of drug-likeness (QED) is 0.905. The molecule has 1 N–H and O–H groups in total. The van der Waals surface area contributed by atoms with Crippen LogP contribution in [0.4, 0.5) is 5.69 Å². The Labute approximate surface area is 146 Å². The van der Waals surface area contributed by atoms with Crippen molar-refractivity contribution in [2.45, 2.75) is 38.9 Å². The van der Waals surface area contributed by atoms with Gasteiger partial charge in [0.15, 0.2) is 0 Å². The second kappa shape index (κ2) is 7.88. The van der Waals surface area contributed by atoms with Gasteiger partial charge in [-0.2, -0.15) is 0 Å². The number of hydrogen-bond acceptors (Lipinski definition) is 5. The molecule has 0 saturated carbocycles. The molecular formula is C18H23N3O2S. The van der Waals surface area contributed by atoms with Crippen LogP contribution in [0.25, 0.3) is 0 Å². The average molecular weight is 345 g/mol. The number of nitrogens with one attached hydrogen (secondary N) is 1. The number of carbonyl (C=O) groups excluding carboxylic acids is 1. The number of carbonyl (C=O) groups is 1. The number of rotatable bonds is 5. The number of thiazole rings is 1. The minimum atomic E-state index is -0.0322. The maximum atomic E-state index is 12.1. The van der Waals surface area contributed by atoms with Gasteiger partial charge in [-0.1, -0.05) is 18.2 Å². The highest BCUT2D eigenvalue weighted by atomic mass is 32.1. The van der Waals surface area contributed by atoms with Gasteiger partial charge in [-0.05, 0) is 26.0 Å². The lowest BCUT2D eigenvalue weighted by atomic mass is 10.1. The van der Waals surface area contributed by atoms with E-state index >= 15 is 0 Å². The molecule has 0 spiro atoms. The van der Waals surface area contributed by atoms with Gasteiger partial charge in [-0.3, -0.25) is 9.69 Å². The van der Waals surface area contributed by atoms with Crippen LogP contribution in [0.15, 0.2) is 35.7 Å². The van der Waals surface area contributed by atoms with Crippen LogP contribution in [0.2, 0.25) is 0 Å². The Hall–Kier alpha value is -1.76. The number of nitrogens with zero attached hydrogens (tertiary/aromatic N) is 2. The van der Waals surface area contributed by atoms with E-state index in [1.165, 1.54) is 0 Å². The van der Waals surface area contributed by atoms with Gasteiger partial charge in [0.25, 0.3) is 0 Å². The van der Waals surface area contributed by atoms with Crippen LogP contribution in [0.5, 0.6) is 0 Å². The molecule has 6 heteroatoms. The van der Waals surface area contributed by atoms with E-state index in [0.29, 0.717) is 18.5 Å². The highest BCUT2D eigenvalue weighted by Gasteiger charge is 2.26. The average Bonchev–Trinajstić information content (AvgIpc) is 2.99. The molecule has 1 aromatic heterocycles. The Morgan fingerprint density at radius 3 is 2.71 bits per heavy atom. The largest absolute Gasteiger partial charge is 0.378 e. The zero-order valence-electron chi connectivity index (χ0n) is 14.1. The first kappa shape index (κ1) is 17.1. The molecule has 1 aliphatic rings. The summed E-state index contributed by atoms with van der Waals surface area (Å²) < 4.78 is 5.56. The summed E-state index contributed by atoms with van der Waals surface area (Å²) in [5.74, 6) is -0.0322. The monoisotopic (exact) mass is 345 g/mol. The van der Waals surface area contributed by atoms with Crippen molar-refractivity contribution in [3.63, 3.8) is 0 Å². The summed E-state index contributed by atoms with van der Waals surface area (Å²) in [5, 5.41) is 5.81. The first-order valence-electron chi connectivity index (χ1n) is 8.23. The molecule has 1 aliphatic heterocycles. The SMILES string of the molecule is C[C@@H]1COC[C@H](C)N1Cc1csc(CC(=O)Nc2ccccc2)n1. The van der Waals surface area contributed by atoms with Gasteiger partial charge in [0.2, 0.25) is 5.91 Å². The van der Waals surface area contributed by atoms with Crippen LogP contribution < -0.4 is 5.32 Å². The van der Waals surface area contributed by atoms with E-state index in [9.17, 15) is 4.79 Å². The molecule has 0 radical (unpaired) electrons. The fraction of sp³-hybridized carbons (Fsp3) is 0.444. The van der Waals surface area contributed by atoms with Gasteiger partial charge in [0.1, 0.15) is 5.01 Å². The molecule has 1 aromatic carbocycles. The topological polar surface area (TPSA) is 54.5 Å². The number of aromatic nitrogens is 1. The van der Waals surface area contributed by atoms with Gasteiger partial charge in [0, 0.05) is 29.7 Å². The number of para-hydroxylation sites is 1. The summed E-state index contributed by atoms with van der Waals surface area (Å²) in [5.41, 5.74) is 1.85. The minimum Gasteiger partial charge on any atom is -0.378 e. The zero-order chi connectivity index (χ0) is 16.9. The van der Waals surface area contributed by atoms with E-state index in [1.807, 2.05) is 30.3 Å². The van der Waals surface area contributed by atoms with Crippen molar-refractivity contribution in [2.24, 2.45) is 0 Å². The summed E-state index contributed by atoms with van der Waals surface area (Å²) in [6.45, 7) is 6.69. The number of anilines is 1. The number of amides is 1. The summed E-state index contributed by atoms with van der Waals surface area (Å²) >= 11 is 1.55. The second-order valence-electron chi connectivity index (χ2n) is 6.23. The maximum absolute atomic E-state index is 12.1. The molecule has 1 amide bonds. The normalized spacial score (nSPS) is 21.6. The van der Waals surface area contributed by atoms with Crippen molar-refractivity contribution < 1.29 is 9.53 Å². The van der Waals surface area contributed by atoms with Crippen LogP contribution in [0, 0.1) is 0 Å². The fourth-order valence-electron chi connectivity index (χ4n) is 2.90. The smallest absolute Gasteiger partial charge is 0.231 e. The summed E-state index contributed by atoms with van der Waals surface area (Å²) in [7, 11) is 0. The first-order valence-corrected chi connectivity index (χ1v) is 9.11. The molecule has 1 saturated heterocycles. The molecule has 2 aromatic rings. The third-order valence-electron chi connectivity index (χ3n) is 4.16. The highest BCUT2D eigenvalue weighted by Crippen LogP contribution is 2.19. The zero-order valence-corrected chi connectivity index (χ0v) is 14.9. The van der Waals surface area contributed by atoms with Gasteiger partial charge in [0.05, 0.1) is 25.3 Å². The van der Waals surface area contributed by atoms with Crippen LogP contribution in [-0.2, 0) is 22.5 Å². The van der Waals surface area contributed by atoms with Crippen LogP contribution in [-0.4, -0.2) is 41.1 Å². The van der Waals surface area contributed by atoms with Crippen molar-refractivity contribution in [3.8, 4) is 0 Å². The molecule has 2 atom stereocenters. The van der Waals surface area contributed by atoms with Crippen LogP contribution in [0.1, 0.15) is 24.5 Å². The van der Waals surface area contributed by atoms with E-state index in [-0.39, 0.29) is 5.91 Å². The van der Waals surface area contributed by atoms with Crippen molar-refractivity contribution in [1.29, 1.82) is 0 Å². The molecule has 0 bridgehead atoms. The van der Waals surface area contributed by atoms with Gasteiger partial charge >= 0.3 is 0 Å². The molecule has 128 valence electrons. The lowest BCUT2D eigenvalue weighted by molar-refractivity contribution is -0.115. The standard InChI is InChI=1S/C18H23N3O2S/c1-13-10-23-11-14(2)21(13)9-16-12-24-18(20-16)8-17(22)19-15-6-4-3-5-7-15/h3-7,12-14H,8-11H2,1-2H3,(H,19,22)/t13-,14+. The van der Waals surface area contributed by atoms with Gasteiger partial charge < -0.3 is 10.1 Å². The lowest BCUT2D eigenvalue weighted by Crippen LogP contribution is -2.48. The van der Waals surface area contributed by atoms with E-state index in [1.54, 1.807) is 11.3 Å². The number of morpholine rings is 1. The van der Waals surface area contributed by atoms with Gasteiger partial charge in [-0.15, -0.1) is 11.3 Å². The Morgan fingerprint density at radius 2 is 2.00 bits per heavy atom. The number of benzene rings is 1. The first-order chi connectivity index (χ1) is 11.6. The molecular weight excluding hydrogens is 322 g/mol. The summed E-state index contributed by atoms with van der Waals surface area (Å²) in [6, 6.07) is 10.3. The lowest BCUT2D eigenvalue weighted by Gasteiger charge is -2.38. The van der Waals surface area contributed by atoms with Crippen molar-refractivity contribution in [1.82, 2.24) is 9.88 Å². The number of ether oxygens (including phenoxy) is 1. The molecule has 2 heterocycles. The van der Waals surface area contributed by atoms with E-state index < -0.39 is 0 Å². The Kier molecular flexibility index (Phi) is 5.60. The van der Waals surface area contributed by atoms with Crippen molar-refractivity contribution in [3.05, 3.63) is 46.4 Å². The molecule has 3 rings (SSSR count). The van der Waals surface area contributed by atoms with Crippen LogP contribution in [0.3, 0.4) is 0 Å². The van der Waals surface area contributed by atoms with Crippen molar-refractivity contribution >= 4 is 22.9 Å². The van der Waals surface area contributed by atoms with E-state index in [0.717, 1.165) is 36.1 Å². The maximum Gasteiger partial charge on any atom is 0.231 e. The molecule has 5 nitrogen and oxygen atoms in total. The predicted molar refractivity (Wildman–Crippen MR) is 96.2 cm³/mol. The number of hydrogen-bond donors (Lipinski definition) is 1. The van der Waals surface area contributed by atoms with E-state index in [4.69, 9.17) is 4.74 Å². The Morgan fingerprint density at radius 1 is 1.29 bits per heavy atom. The second-order valence-corrected chi connectivity index (χ2v) is 7.17. The van der Waals surface area contributed by atoms with Crippen LogP contribution >= 0.6 is 11.3 Å². The van der Waals surface area contributed by atoms with E-state index in [2.05, 4.69) is 34.4 Å².